The van der Waals surface area contributed by atoms with E-state index in [4.69, 9.17) is 16.7 Å². The van der Waals surface area contributed by atoms with Crippen LogP contribution in [0.25, 0.3) is 0 Å². The van der Waals surface area contributed by atoms with Gasteiger partial charge in [0.25, 0.3) is 0 Å². The van der Waals surface area contributed by atoms with E-state index >= 15 is 0 Å². The zero-order chi connectivity index (χ0) is 13.8. The van der Waals surface area contributed by atoms with Crippen LogP contribution in [-0.4, -0.2) is 26.0 Å². The number of carbonyl (C=O) groups is 1. The molecule has 1 rings (SSSR count). The number of aliphatic carboxylic acids is 1. The van der Waals surface area contributed by atoms with Gasteiger partial charge in [0.2, 0.25) is 10.0 Å². The molecule has 0 heterocycles. The van der Waals surface area contributed by atoms with Crippen LogP contribution >= 0.6 is 27.5 Å². The van der Waals surface area contributed by atoms with Crippen molar-refractivity contribution in [1.82, 2.24) is 4.72 Å². The molecule has 0 radical (unpaired) electrons. The Balaban J connectivity index is 2.71. The van der Waals surface area contributed by atoms with Gasteiger partial charge in [0.15, 0.2) is 0 Å². The first-order valence-corrected chi connectivity index (χ1v) is 7.65. The van der Waals surface area contributed by atoms with E-state index in [-0.39, 0.29) is 24.3 Å². The predicted molar refractivity (Wildman–Crippen MR) is 71.2 cm³/mol. The standard InChI is InChI=1S/C10H11BrClNO4S/c11-8-6-7(12)3-4-9(8)18(16,17)13-5-1-2-10(14)15/h3-4,6,13H,1-2,5H2,(H,14,15). The minimum Gasteiger partial charge on any atom is -0.481 e. The fourth-order valence-corrected chi connectivity index (χ4v) is 3.67. The second-order valence-electron chi connectivity index (χ2n) is 3.47. The molecule has 0 aliphatic rings. The number of hydrogen-bond acceptors (Lipinski definition) is 3. The van der Waals surface area contributed by atoms with E-state index in [0.717, 1.165) is 0 Å². The van der Waals surface area contributed by atoms with E-state index < -0.39 is 16.0 Å². The second kappa shape index (κ2) is 6.51. The van der Waals surface area contributed by atoms with Gasteiger partial charge >= 0.3 is 5.97 Å². The number of rotatable bonds is 6. The lowest BCUT2D eigenvalue weighted by Crippen LogP contribution is -2.25. The molecule has 0 saturated carbocycles. The Morgan fingerprint density at radius 1 is 1.44 bits per heavy atom. The van der Waals surface area contributed by atoms with Crippen LogP contribution in [0, 0.1) is 0 Å². The molecule has 100 valence electrons. The number of sulfonamides is 1. The van der Waals surface area contributed by atoms with Gasteiger partial charge in [-0.15, -0.1) is 0 Å². The van der Waals surface area contributed by atoms with Gasteiger partial charge in [-0.3, -0.25) is 4.79 Å². The normalized spacial score (nSPS) is 11.4. The van der Waals surface area contributed by atoms with E-state index in [2.05, 4.69) is 20.7 Å². The SMILES string of the molecule is O=C(O)CCCNS(=O)(=O)c1ccc(Cl)cc1Br. The number of carboxylic acid groups (broad SMARTS) is 1. The van der Waals surface area contributed by atoms with E-state index in [1.54, 1.807) is 0 Å². The molecule has 0 amide bonds. The highest BCUT2D eigenvalue weighted by molar-refractivity contribution is 9.10. The summed E-state index contributed by atoms with van der Waals surface area (Å²) in [7, 11) is -3.65. The Labute approximate surface area is 118 Å². The van der Waals surface area contributed by atoms with Gasteiger partial charge in [0.1, 0.15) is 0 Å². The van der Waals surface area contributed by atoms with Crippen molar-refractivity contribution in [2.24, 2.45) is 0 Å². The molecule has 0 saturated heterocycles. The molecule has 0 atom stereocenters. The van der Waals surface area contributed by atoms with Gasteiger partial charge in [-0.2, -0.15) is 0 Å². The van der Waals surface area contributed by atoms with Crippen LogP contribution in [0.2, 0.25) is 5.02 Å². The van der Waals surface area contributed by atoms with E-state index in [1.165, 1.54) is 18.2 Å². The molecule has 5 nitrogen and oxygen atoms in total. The first kappa shape index (κ1) is 15.4. The molecule has 1 aromatic rings. The third-order valence-corrected chi connectivity index (χ3v) is 4.72. The Morgan fingerprint density at radius 2 is 2.11 bits per heavy atom. The quantitative estimate of drug-likeness (QED) is 0.766. The number of carboxylic acids is 1. The van der Waals surface area contributed by atoms with Crippen LogP contribution in [0.1, 0.15) is 12.8 Å². The van der Waals surface area contributed by atoms with Crippen LogP contribution in [-0.2, 0) is 14.8 Å². The molecular formula is C10H11BrClNO4S. The van der Waals surface area contributed by atoms with Gasteiger partial charge in [0, 0.05) is 22.5 Å². The van der Waals surface area contributed by atoms with Crippen molar-refractivity contribution in [2.45, 2.75) is 17.7 Å². The van der Waals surface area contributed by atoms with Crippen molar-refractivity contribution in [3.63, 3.8) is 0 Å². The maximum Gasteiger partial charge on any atom is 0.303 e. The molecule has 0 aliphatic carbocycles. The average molecular weight is 357 g/mol. The number of nitrogens with one attached hydrogen (secondary N) is 1. The van der Waals surface area contributed by atoms with Gasteiger partial charge in [-0.25, -0.2) is 13.1 Å². The van der Waals surface area contributed by atoms with Crippen LogP contribution in [0.4, 0.5) is 0 Å². The molecule has 1 aromatic carbocycles. The Morgan fingerprint density at radius 3 is 2.67 bits per heavy atom. The van der Waals surface area contributed by atoms with E-state index in [9.17, 15) is 13.2 Å². The fraction of sp³-hybridized carbons (Fsp3) is 0.300. The van der Waals surface area contributed by atoms with Crippen molar-refractivity contribution in [2.75, 3.05) is 6.54 Å². The van der Waals surface area contributed by atoms with Gasteiger partial charge in [-0.05, 0) is 40.5 Å². The highest BCUT2D eigenvalue weighted by Gasteiger charge is 2.17. The summed E-state index contributed by atoms with van der Waals surface area (Å²) < 4.78 is 26.4. The zero-order valence-electron chi connectivity index (χ0n) is 9.19. The topological polar surface area (TPSA) is 83.5 Å². The molecule has 0 unspecified atom stereocenters. The van der Waals surface area contributed by atoms with E-state index in [1.807, 2.05) is 0 Å². The summed E-state index contributed by atoms with van der Waals surface area (Å²) in [5, 5.41) is 8.86. The van der Waals surface area contributed by atoms with Crippen LogP contribution < -0.4 is 4.72 Å². The molecule has 0 spiro atoms. The Kier molecular flexibility index (Phi) is 5.58. The molecule has 0 fully saturated rings. The molecule has 0 bridgehead atoms. The Hall–Kier alpha value is -0.630. The van der Waals surface area contributed by atoms with Gasteiger partial charge < -0.3 is 5.11 Å². The molecule has 0 aliphatic heterocycles. The monoisotopic (exact) mass is 355 g/mol. The summed E-state index contributed by atoms with van der Waals surface area (Å²) in [6.07, 6.45) is 0.157. The molecule has 18 heavy (non-hydrogen) atoms. The maximum absolute atomic E-state index is 11.9. The zero-order valence-corrected chi connectivity index (χ0v) is 12.3. The van der Waals surface area contributed by atoms with Gasteiger partial charge in [0.05, 0.1) is 4.90 Å². The number of hydrogen-bond donors (Lipinski definition) is 2. The summed E-state index contributed by atoms with van der Waals surface area (Å²) in [5.41, 5.74) is 0. The molecule has 8 heteroatoms. The molecular weight excluding hydrogens is 346 g/mol. The second-order valence-corrected chi connectivity index (χ2v) is 6.50. The fourth-order valence-electron chi connectivity index (χ4n) is 1.22. The summed E-state index contributed by atoms with van der Waals surface area (Å²) >= 11 is 8.84. The van der Waals surface area contributed by atoms with Crippen molar-refractivity contribution in [1.29, 1.82) is 0 Å². The van der Waals surface area contributed by atoms with Crippen molar-refractivity contribution in [3.05, 3.63) is 27.7 Å². The highest BCUT2D eigenvalue weighted by atomic mass is 79.9. The lowest BCUT2D eigenvalue weighted by atomic mass is 10.3. The predicted octanol–water partition coefficient (Wildman–Crippen LogP) is 2.25. The number of benzene rings is 1. The minimum atomic E-state index is -3.65. The third kappa shape index (κ3) is 4.56. The van der Waals surface area contributed by atoms with Crippen molar-refractivity contribution in [3.8, 4) is 0 Å². The molecule has 0 aromatic heterocycles. The van der Waals surface area contributed by atoms with Crippen LogP contribution in [0.3, 0.4) is 0 Å². The van der Waals surface area contributed by atoms with Crippen LogP contribution in [0.5, 0.6) is 0 Å². The highest BCUT2D eigenvalue weighted by Crippen LogP contribution is 2.25. The first-order valence-electron chi connectivity index (χ1n) is 4.99. The summed E-state index contributed by atoms with van der Waals surface area (Å²) in [6.45, 7) is 0.0731. The Bertz CT molecular complexity index is 547. The largest absolute Gasteiger partial charge is 0.481 e. The van der Waals surface area contributed by atoms with Crippen molar-refractivity contribution < 1.29 is 18.3 Å². The first-order chi connectivity index (χ1) is 8.33. The minimum absolute atomic E-state index is 0.0715. The number of halogens is 2. The van der Waals surface area contributed by atoms with Crippen molar-refractivity contribution >= 4 is 43.5 Å². The van der Waals surface area contributed by atoms with Crippen LogP contribution in [0.15, 0.2) is 27.6 Å². The summed E-state index contributed by atoms with van der Waals surface area (Å²) in [5.74, 6) is -0.957. The van der Waals surface area contributed by atoms with Gasteiger partial charge in [-0.1, -0.05) is 11.6 Å². The summed E-state index contributed by atoms with van der Waals surface area (Å²) in [6, 6.07) is 4.33. The smallest absolute Gasteiger partial charge is 0.303 e. The lowest BCUT2D eigenvalue weighted by Gasteiger charge is -2.08. The molecule has 2 N–H and O–H groups in total. The summed E-state index contributed by atoms with van der Waals surface area (Å²) in [4.78, 5) is 10.4. The van der Waals surface area contributed by atoms with E-state index in [0.29, 0.717) is 9.50 Å². The lowest BCUT2D eigenvalue weighted by molar-refractivity contribution is -0.137. The maximum atomic E-state index is 11.9. The average Bonchev–Trinajstić information content (AvgIpc) is 2.23. The third-order valence-electron chi connectivity index (χ3n) is 2.04.